The molecular weight excluding hydrogens is 368 g/mol. The normalized spacial score (nSPS) is 12.3. The minimum absolute atomic E-state index is 0.0426. The first kappa shape index (κ1) is 18.4. The van der Waals surface area contributed by atoms with E-state index in [4.69, 9.17) is 0 Å². The van der Waals surface area contributed by atoms with Crippen LogP contribution in [-0.2, 0) is 19.0 Å². The van der Waals surface area contributed by atoms with E-state index in [-0.39, 0.29) is 5.41 Å². The largest absolute Gasteiger partial charge is 0.356 e. The average molecular weight is 393 g/mol. The van der Waals surface area contributed by atoms with Crippen LogP contribution in [0.4, 0.5) is 0 Å². The lowest BCUT2D eigenvalue weighted by Gasteiger charge is -2.27. The maximum atomic E-state index is 4.28. The summed E-state index contributed by atoms with van der Waals surface area (Å²) in [6, 6.07) is 8.30. The number of nitrogens with zero attached hydrogens (tertiary/aromatic N) is 4. The molecule has 0 spiro atoms. The number of benzene rings is 1. The molecule has 2 rings (SSSR count). The molecule has 1 aromatic carbocycles. The van der Waals surface area contributed by atoms with Gasteiger partial charge in [-0.3, -0.25) is 4.99 Å². The number of aryl methyl sites for hydroxylation is 1. The Morgan fingerprint density at radius 1 is 1.25 bits per heavy atom. The second kappa shape index (κ2) is 7.79. The predicted octanol–water partition coefficient (Wildman–Crippen LogP) is 2.53. The number of aromatic nitrogens is 3. The maximum Gasteiger partial charge on any atom is 0.191 e. The smallest absolute Gasteiger partial charge is 0.191 e. The highest BCUT2D eigenvalue weighted by molar-refractivity contribution is 9.10. The molecule has 0 unspecified atom stereocenters. The molecule has 0 saturated heterocycles. The molecule has 2 N–H and O–H groups in total. The van der Waals surface area contributed by atoms with Crippen LogP contribution in [0.2, 0.25) is 0 Å². The van der Waals surface area contributed by atoms with Crippen LogP contribution in [0.15, 0.2) is 33.7 Å². The molecule has 0 aliphatic rings. The molecule has 0 saturated carbocycles. The summed E-state index contributed by atoms with van der Waals surface area (Å²) in [5.41, 5.74) is 1.22. The SMILES string of the molecule is CN=C(NCc1nnc(C)n1C)NCC(C)(C)c1ccccc1Br. The highest BCUT2D eigenvalue weighted by atomic mass is 79.9. The third-order valence-electron chi connectivity index (χ3n) is 4.12. The van der Waals surface area contributed by atoms with Gasteiger partial charge in [-0.25, -0.2) is 0 Å². The van der Waals surface area contributed by atoms with Crippen molar-refractivity contribution in [1.82, 2.24) is 25.4 Å². The number of nitrogens with one attached hydrogen (secondary N) is 2. The van der Waals surface area contributed by atoms with Crippen LogP contribution in [0.3, 0.4) is 0 Å². The number of hydrogen-bond donors (Lipinski definition) is 2. The average Bonchev–Trinajstić information content (AvgIpc) is 2.87. The summed E-state index contributed by atoms with van der Waals surface area (Å²) in [6.45, 7) is 7.68. The van der Waals surface area contributed by atoms with Crippen LogP contribution < -0.4 is 10.6 Å². The number of halogens is 1. The Morgan fingerprint density at radius 2 is 1.96 bits per heavy atom. The van der Waals surface area contributed by atoms with Crippen LogP contribution in [0, 0.1) is 6.92 Å². The van der Waals surface area contributed by atoms with Crippen molar-refractivity contribution < 1.29 is 0 Å². The monoisotopic (exact) mass is 392 g/mol. The van der Waals surface area contributed by atoms with Gasteiger partial charge in [0.15, 0.2) is 11.8 Å². The first-order valence-corrected chi connectivity index (χ1v) is 8.69. The van der Waals surface area contributed by atoms with E-state index in [1.165, 1.54) is 5.56 Å². The van der Waals surface area contributed by atoms with Crippen molar-refractivity contribution in [2.45, 2.75) is 32.7 Å². The summed E-state index contributed by atoms with van der Waals surface area (Å²) < 4.78 is 3.08. The van der Waals surface area contributed by atoms with E-state index in [1.807, 2.05) is 24.6 Å². The standard InChI is InChI=1S/C17H25BrN6/c1-12-22-23-15(24(12)5)10-20-16(19-4)21-11-17(2,3)13-8-6-7-9-14(13)18/h6-9H,10-11H2,1-5H3,(H2,19,20,21). The van der Waals surface area contributed by atoms with E-state index < -0.39 is 0 Å². The molecule has 6 nitrogen and oxygen atoms in total. The van der Waals surface area contributed by atoms with Gasteiger partial charge in [-0.2, -0.15) is 0 Å². The Balaban J connectivity index is 1.96. The zero-order valence-corrected chi connectivity index (χ0v) is 16.5. The van der Waals surface area contributed by atoms with E-state index in [9.17, 15) is 0 Å². The van der Waals surface area contributed by atoms with Gasteiger partial charge in [0, 0.05) is 30.5 Å². The lowest BCUT2D eigenvalue weighted by molar-refractivity contribution is 0.506. The Hall–Kier alpha value is -1.89. The second-order valence-corrected chi connectivity index (χ2v) is 7.22. The Labute approximate surface area is 151 Å². The molecule has 0 fully saturated rings. The molecule has 130 valence electrons. The van der Waals surface area contributed by atoms with Crippen LogP contribution in [-0.4, -0.2) is 34.3 Å². The minimum Gasteiger partial charge on any atom is -0.356 e. The lowest BCUT2D eigenvalue weighted by Crippen LogP contribution is -2.43. The fraction of sp³-hybridized carbons (Fsp3) is 0.471. The molecular formula is C17H25BrN6. The predicted molar refractivity (Wildman–Crippen MR) is 101 cm³/mol. The van der Waals surface area contributed by atoms with Crippen molar-refractivity contribution in [1.29, 1.82) is 0 Å². The van der Waals surface area contributed by atoms with Gasteiger partial charge in [-0.1, -0.05) is 48.0 Å². The van der Waals surface area contributed by atoms with Crippen molar-refractivity contribution in [2.75, 3.05) is 13.6 Å². The molecule has 0 bridgehead atoms. The van der Waals surface area contributed by atoms with Crippen molar-refractivity contribution in [3.8, 4) is 0 Å². The molecule has 1 heterocycles. The molecule has 1 aromatic heterocycles. The number of hydrogen-bond acceptors (Lipinski definition) is 3. The molecule has 7 heteroatoms. The third-order valence-corrected chi connectivity index (χ3v) is 4.81. The first-order valence-electron chi connectivity index (χ1n) is 7.89. The summed E-state index contributed by atoms with van der Waals surface area (Å²) in [4.78, 5) is 4.28. The van der Waals surface area contributed by atoms with Crippen LogP contribution in [0.1, 0.15) is 31.1 Å². The van der Waals surface area contributed by atoms with E-state index in [0.29, 0.717) is 6.54 Å². The van der Waals surface area contributed by atoms with E-state index in [1.54, 1.807) is 7.05 Å². The topological polar surface area (TPSA) is 67.1 Å². The number of guanidine groups is 1. The third kappa shape index (κ3) is 4.35. The van der Waals surface area contributed by atoms with Gasteiger partial charge in [0.05, 0.1) is 6.54 Å². The quantitative estimate of drug-likeness (QED) is 0.605. The van der Waals surface area contributed by atoms with Crippen LogP contribution in [0.5, 0.6) is 0 Å². The highest BCUT2D eigenvalue weighted by Gasteiger charge is 2.23. The highest BCUT2D eigenvalue weighted by Crippen LogP contribution is 2.29. The second-order valence-electron chi connectivity index (χ2n) is 6.37. The summed E-state index contributed by atoms with van der Waals surface area (Å²) in [6.07, 6.45) is 0. The van der Waals surface area contributed by atoms with Gasteiger partial charge in [-0.05, 0) is 18.6 Å². The molecule has 2 aromatic rings. The van der Waals surface area contributed by atoms with Gasteiger partial charge in [0.25, 0.3) is 0 Å². The number of aliphatic imine (C=N–C) groups is 1. The van der Waals surface area contributed by atoms with Crippen molar-refractivity contribution >= 4 is 21.9 Å². The molecule has 0 atom stereocenters. The van der Waals surface area contributed by atoms with Crippen molar-refractivity contribution in [3.63, 3.8) is 0 Å². The zero-order chi connectivity index (χ0) is 17.7. The lowest BCUT2D eigenvalue weighted by atomic mass is 9.84. The molecule has 0 radical (unpaired) electrons. The van der Waals surface area contributed by atoms with Crippen molar-refractivity contribution in [2.24, 2.45) is 12.0 Å². The van der Waals surface area contributed by atoms with Crippen molar-refractivity contribution in [3.05, 3.63) is 46.0 Å². The van der Waals surface area contributed by atoms with Crippen LogP contribution >= 0.6 is 15.9 Å². The Kier molecular flexibility index (Phi) is 5.99. The minimum atomic E-state index is -0.0426. The summed E-state index contributed by atoms with van der Waals surface area (Å²) in [5, 5.41) is 14.9. The van der Waals surface area contributed by atoms with E-state index in [0.717, 1.165) is 28.6 Å². The van der Waals surface area contributed by atoms with Gasteiger partial charge < -0.3 is 15.2 Å². The molecule has 0 aliphatic carbocycles. The maximum absolute atomic E-state index is 4.28. The van der Waals surface area contributed by atoms with Gasteiger partial charge in [0.2, 0.25) is 0 Å². The first-order chi connectivity index (χ1) is 11.3. The Bertz CT molecular complexity index is 720. The molecule has 0 amide bonds. The molecule has 24 heavy (non-hydrogen) atoms. The summed E-state index contributed by atoms with van der Waals surface area (Å²) in [7, 11) is 3.72. The van der Waals surface area contributed by atoms with E-state index in [2.05, 4.69) is 73.8 Å². The number of rotatable bonds is 5. The fourth-order valence-corrected chi connectivity index (χ4v) is 3.22. The zero-order valence-electron chi connectivity index (χ0n) is 14.9. The van der Waals surface area contributed by atoms with Gasteiger partial charge in [-0.15, -0.1) is 10.2 Å². The Morgan fingerprint density at radius 3 is 2.54 bits per heavy atom. The van der Waals surface area contributed by atoms with Gasteiger partial charge in [0.1, 0.15) is 5.82 Å². The summed E-state index contributed by atoms with van der Waals surface area (Å²) >= 11 is 3.64. The molecule has 0 aliphatic heterocycles. The fourth-order valence-electron chi connectivity index (χ4n) is 2.40. The summed E-state index contributed by atoms with van der Waals surface area (Å²) in [5.74, 6) is 2.51. The van der Waals surface area contributed by atoms with Crippen LogP contribution in [0.25, 0.3) is 0 Å². The van der Waals surface area contributed by atoms with Gasteiger partial charge >= 0.3 is 0 Å². The van der Waals surface area contributed by atoms with E-state index >= 15 is 0 Å².